The van der Waals surface area contributed by atoms with Crippen LogP contribution in [0.1, 0.15) is 33.1 Å². The average molecular weight is 127 g/mol. The van der Waals surface area contributed by atoms with Crippen LogP contribution >= 0.6 is 0 Å². The SMILES string of the molecule is C[C@@H]1CC[C@](C)(CN)C1. The Kier molecular flexibility index (Phi) is 1.80. The van der Waals surface area contributed by atoms with Gasteiger partial charge in [0, 0.05) is 0 Å². The van der Waals surface area contributed by atoms with Crippen LogP contribution in [-0.4, -0.2) is 6.54 Å². The van der Waals surface area contributed by atoms with E-state index in [4.69, 9.17) is 5.73 Å². The highest BCUT2D eigenvalue weighted by Crippen LogP contribution is 2.39. The lowest BCUT2D eigenvalue weighted by Crippen LogP contribution is -2.23. The second-order valence-corrected chi connectivity index (χ2v) is 3.86. The van der Waals surface area contributed by atoms with Crippen LogP contribution in [0.4, 0.5) is 0 Å². The van der Waals surface area contributed by atoms with E-state index in [1.807, 2.05) is 0 Å². The molecule has 1 rings (SSSR count). The van der Waals surface area contributed by atoms with E-state index >= 15 is 0 Å². The summed E-state index contributed by atoms with van der Waals surface area (Å²) in [6, 6.07) is 0. The summed E-state index contributed by atoms with van der Waals surface area (Å²) < 4.78 is 0. The first-order valence-corrected chi connectivity index (χ1v) is 3.86. The lowest BCUT2D eigenvalue weighted by atomic mass is 9.88. The minimum absolute atomic E-state index is 0.486. The third kappa shape index (κ3) is 1.45. The highest BCUT2D eigenvalue weighted by molar-refractivity contribution is 4.84. The summed E-state index contributed by atoms with van der Waals surface area (Å²) in [6.07, 6.45) is 4.06. The van der Waals surface area contributed by atoms with E-state index in [1.54, 1.807) is 0 Å². The van der Waals surface area contributed by atoms with E-state index in [0.29, 0.717) is 5.41 Å². The molecule has 9 heavy (non-hydrogen) atoms. The van der Waals surface area contributed by atoms with Crippen LogP contribution in [0.3, 0.4) is 0 Å². The highest BCUT2D eigenvalue weighted by Gasteiger charge is 2.31. The van der Waals surface area contributed by atoms with Gasteiger partial charge >= 0.3 is 0 Å². The number of rotatable bonds is 1. The normalized spacial score (nSPS) is 43.7. The number of hydrogen-bond acceptors (Lipinski definition) is 1. The summed E-state index contributed by atoms with van der Waals surface area (Å²) in [4.78, 5) is 0. The van der Waals surface area contributed by atoms with Crippen LogP contribution in [0.15, 0.2) is 0 Å². The van der Waals surface area contributed by atoms with Gasteiger partial charge in [-0.1, -0.05) is 20.3 Å². The molecule has 0 aromatic carbocycles. The van der Waals surface area contributed by atoms with Crippen molar-refractivity contribution in [3.63, 3.8) is 0 Å². The molecule has 0 heterocycles. The molecule has 0 bridgehead atoms. The first-order chi connectivity index (χ1) is 4.16. The first kappa shape index (κ1) is 7.07. The van der Waals surface area contributed by atoms with Crippen molar-refractivity contribution in [2.24, 2.45) is 17.1 Å². The van der Waals surface area contributed by atoms with Crippen molar-refractivity contribution in [2.75, 3.05) is 6.54 Å². The third-order valence-corrected chi connectivity index (χ3v) is 2.57. The topological polar surface area (TPSA) is 26.0 Å². The minimum atomic E-state index is 0.486. The summed E-state index contributed by atoms with van der Waals surface area (Å²) in [6.45, 7) is 5.49. The quantitative estimate of drug-likeness (QED) is 0.570. The summed E-state index contributed by atoms with van der Waals surface area (Å²) in [5.41, 5.74) is 6.12. The third-order valence-electron chi connectivity index (χ3n) is 2.57. The van der Waals surface area contributed by atoms with E-state index in [-0.39, 0.29) is 0 Å². The lowest BCUT2D eigenvalue weighted by molar-refractivity contribution is 0.337. The monoisotopic (exact) mass is 127 g/mol. The standard InChI is InChI=1S/C8H17N/c1-7-3-4-8(2,5-7)6-9/h7H,3-6,9H2,1-2H3/t7-,8+/m1/s1. The van der Waals surface area contributed by atoms with Crippen molar-refractivity contribution in [1.82, 2.24) is 0 Å². The molecule has 0 aromatic rings. The Morgan fingerprint density at radius 1 is 1.67 bits per heavy atom. The van der Waals surface area contributed by atoms with Crippen LogP contribution in [0, 0.1) is 11.3 Å². The zero-order valence-electron chi connectivity index (χ0n) is 6.48. The van der Waals surface area contributed by atoms with Crippen molar-refractivity contribution in [3.05, 3.63) is 0 Å². The molecular formula is C8H17N. The largest absolute Gasteiger partial charge is 0.330 e. The van der Waals surface area contributed by atoms with Crippen molar-refractivity contribution in [3.8, 4) is 0 Å². The van der Waals surface area contributed by atoms with Crippen molar-refractivity contribution >= 4 is 0 Å². The van der Waals surface area contributed by atoms with Gasteiger partial charge in [0.15, 0.2) is 0 Å². The Morgan fingerprint density at radius 2 is 2.33 bits per heavy atom. The Balaban J connectivity index is 2.45. The van der Waals surface area contributed by atoms with Gasteiger partial charge in [-0.3, -0.25) is 0 Å². The van der Waals surface area contributed by atoms with Gasteiger partial charge in [-0.05, 0) is 30.7 Å². The van der Waals surface area contributed by atoms with E-state index in [9.17, 15) is 0 Å². The number of nitrogens with two attached hydrogens (primary N) is 1. The zero-order valence-corrected chi connectivity index (χ0v) is 6.48. The van der Waals surface area contributed by atoms with Gasteiger partial charge in [0.25, 0.3) is 0 Å². The van der Waals surface area contributed by atoms with Gasteiger partial charge in [0.1, 0.15) is 0 Å². The molecule has 1 aliphatic rings. The summed E-state index contributed by atoms with van der Waals surface area (Å²) in [5.74, 6) is 0.915. The predicted molar refractivity (Wildman–Crippen MR) is 40.2 cm³/mol. The maximum absolute atomic E-state index is 5.63. The molecule has 54 valence electrons. The van der Waals surface area contributed by atoms with Gasteiger partial charge in [-0.15, -0.1) is 0 Å². The van der Waals surface area contributed by atoms with Gasteiger partial charge in [0.2, 0.25) is 0 Å². The Labute approximate surface area is 57.6 Å². The Hall–Kier alpha value is -0.0400. The number of hydrogen-bond donors (Lipinski definition) is 1. The molecule has 1 aliphatic carbocycles. The highest BCUT2D eigenvalue weighted by atomic mass is 14.6. The van der Waals surface area contributed by atoms with Crippen LogP contribution < -0.4 is 5.73 Å². The van der Waals surface area contributed by atoms with E-state index < -0.39 is 0 Å². The maximum Gasteiger partial charge on any atom is -0.00231 e. The summed E-state index contributed by atoms with van der Waals surface area (Å²) >= 11 is 0. The van der Waals surface area contributed by atoms with Crippen LogP contribution in [0.25, 0.3) is 0 Å². The van der Waals surface area contributed by atoms with Gasteiger partial charge in [-0.25, -0.2) is 0 Å². The zero-order chi connectivity index (χ0) is 6.91. The lowest BCUT2D eigenvalue weighted by Gasteiger charge is -2.20. The average Bonchev–Trinajstić information content (AvgIpc) is 2.13. The van der Waals surface area contributed by atoms with Crippen LogP contribution in [0.2, 0.25) is 0 Å². The molecule has 2 atom stereocenters. The van der Waals surface area contributed by atoms with E-state index in [0.717, 1.165) is 12.5 Å². The van der Waals surface area contributed by atoms with Crippen molar-refractivity contribution < 1.29 is 0 Å². The second-order valence-electron chi connectivity index (χ2n) is 3.86. The van der Waals surface area contributed by atoms with Crippen LogP contribution in [-0.2, 0) is 0 Å². The molecule has 1 heteroatoms. The van der Waals surface area contributed by atoms with Crippen molar-refractivity contribution in [2.45, 2.75) is 33.1 Å². The minimum Gasteiger partial charge on any atom is -0.330 e. The molecule has 0 amide bonds. The predicted octanol–water partition coefficient (Wildman–Crippen LogP) is 1.77. The molecule has 1 fully saturated rings. The Morgan fingerprint density at radius 3 is 2.56 bits per heavy atom. The van der Waals surface area contributed by atoms with Gasteiger partial charge in [0.05, 0.1) is 0 Å². The first-order valence-electron chi connectivity index (χ1n) is 3.86. The Bertz CT molecular complexity index is 101. The molecule has 0 unspecified atom stereocenters. The molecular weight excluding hydrogens is 110 g/mol. The molecule has 0 spiro atoms. The fourth-order valence-electron chi connectivity index (χ4n) is 1.83. The molecule has 0 aliphatic heterocycles. The molecule has 0 saturated heterocycles. The molecule has 2 N–H and O–H groups in total. The summed E-state index contributed by atoms with van der Waals surface area (Å²) in [7, 11) is 0. The van der Waals surface area contributed by atoms with E-state index in [2.05, 4.69) is 13.8 Å². The fraction of sp³-hybridized carbons (Fsp3) is 1.00. The van der Waals surface area contributed by atoms with Crippen LogP contribution in [0.5, 0.6) is 0 Å². The molecule has 0 radical (unpaired) electrons. The second kappa shape index (κ2) is 2.30. The molecule has 1 saturated carbocycles. The fourth-order valence-corrected chi connectivity index (χ4v) is 1.83. The molecule has 0 aromatic heterocycles. The van der Waals surface area contributed by atoms with E-state index in [1.165, 1.54) is 19.3 Å². The molecule has 1 nitrogen and oxygen atoms in total. The van der Waals surface area contributed by atoms with Crippen molar-refractivity contribution in [1.29, 1.82) is 0 Å². The van der Waals surface area contributed by atoms with Gasteiger partial charge < -0.3 is 5.73 Å². The smallest absolute Gasteiger partial charge is 0.00231 e. The van der Waals surface area contributed by atoms with Gasteiger partial charge in [-0.2, -0.15) is 0 Å². The maximum atomic E-state index is 5.63. The summed E-state index contributed by atoms with van der Waals surface area (Å²) in [5, 5.41) is 0.